The molecule has 2 rings (SSSR count). The Labute approximate surface area is 114 Å². The van der Waals surface area contributed by atoms with Crippen LogP contribution in [0.2, 0.25) is 0 Å². The first kappa shape index (κ1) is 13.3. The normalized spacial score (nSPS) is 18.8. The molecule has 1 aromatic rings. The molecule has 5 nitrogen and oxygen atoms in total. The third-order valence-corrected chi connectivity index (χ3v) is 3.68. The quantitative estimate of drug-likeness (QED) is 0.648. The highest BCUT2D eigenvalue weighted by Crippen LogP contribution is 2.28. The SMILES string of the molecule is O=[N+]([O-])c1ccc(Br)cc1NCCC1CCNC1. The Morgan fingerprint density at radius 2 is 2.39 bits per heavy atom. The molecule has 98 valence electrons. The van der Waals surface area contributed by atoms with Crippen LogP contribution in [0.5, 0.6) is 0 Å². The van der Waals surface area contributed by atoms with Crippen LogP contribution in [0.25, 0.3) is 0 Å². The van der Waals surface area contributed by atoms with Gasteiger partial charge in [-0.05, 0) is 44.0 Å². The minimum absolute atomic E-state index is 0.128. The number of nitro benzene ring substituents is 1. The lowest BCUT2D eigenvalue weighted by Gasteiger charge is -2.10. The molecule has 2 N–H and O–H groups in total. The third-order valence-electron chi connectivity index (χ3n) is 3.19. The molecule has 0 spiro atoms. The average Bonchev–Trinajstić information content (AvgIpc) is 2.82. The lowest BCUT2D eigenvalue weighted by atomic mass is 10.1. The van der Waals surface area contributed by atoms with Crippen LogP contribution in [0.3, 0.4) is 0 Å². The molecule has 0 aromatic heterocycles. The van der Waals surface area contributed by atoms with Crippen molar-refractivity contribution < 1.29 is 4.92 Å². The van der Waals surface area contributed by atoms with Crippen LogP contribution in [0, 0.1) is 16.0 Å². The van der Waals surface area contributed by atoms with Crippen LogP contribution in [0.1, 0.15) is 12.8 Å². The van der Waals surface area contributed by atoms with Gasteiger partial charge in [0.15, 0.2) is 0 Å². The molecule has 0 aliphatic carbocycles. The van der Waals surface area contributed by atoms with E-state index in [4.69, 9.17) is 0 Å². The molecule has 6 heteroatoms. The summed E-state index contributed by atoms with van der Waals surface area (Å²) in [5.74, 6) is 0.684. The van der Waals surface area contributed by atoms with E-state index in [1.54, 1.807) is 12.1 Å². The molecule has 1 aromatic carbocycles. The number of rotatable bonds is 5. The first-order chi connectivity index (χ1) is 8.66. The van der Waals surface area contributed by atoms with Crippen LogP contribution in [-0.4, -0.2) is 24.6 Å². The van der Waals surface area contributed by atoms with Crippen molar-refractivity contribution in [3.05, 3.63) is 32.8 Å². The van der Waals surface area contributed by atoms with Crippen molar-refractivity contribution in [3.63, 3.8) is 0 Å². The van der Waals surface area contributed by atoms with Gasteiger partial charge >= 0.3 is 0 Å². The van der Waals surface area contributed by atoms with Crippen LogP contribution in [0.15, 0.2) is 22.7 Å². The number of nitrogens with one attached hydrogen (secondary N) is 2. The minimum atomic E-state index is -0.355. The summed E-state index contributed by atoms with van der Waals surface area (Å²) < 4.78 is 0.845. The van der Waals surface area contributed by atoms with Crippen molar-refractivity contribution in [2.45, 2.75) is 12.8 Å². The molecule has 1 unspecified atom stereocenters. The first-order valence-corrected chi connectivity index (χ1v) is 6.84. The summed E-state index contributed by atoms with van der Waals surface area (Å²) in [4.78, 5) is 10.5. The molecule has 1 aliphatic heterocycles. The largest absolute Gasteiger partial charge is 0.379 e. The number of hydrogen-bond donors (Lipinski definition) is 2. The molecular weight excluding hydrogens is 298 g/mol. The summed E-state index contributed by atoms with van der Waals surface area (Å²) in [6.07, 6.45) is 2.24. The monoisotopic (exact) mass is 313 g/mol. The molecule has 0 amide bonds. The Morgan fingerprint density at radius 1 is 1.56 bits per heavy atom. The van der Waals surface area contributed by atoms with E-state index in [0.29, 0.717) is 11.6 Å². The van der Waals surface area contributed by atoms with Crippen LogP contribution in [-0.2, 0) is 0 Å². The second-order valence-electron chi connectivity index (χ2n) is 4.49. The third kappa shape index (κ3) is 3.43. The topological polar surface area (TPSA) is 67.2 Å². The fourth-order valence-electron chi connectivity index (χ4n) is 2.18. The van der Waals surface area contributed by atoms with Crippen LogP contribution < -0.4 is 10.6 Å². The Kier molecular flexibility index (Phi) is 4.54. The lowest BCUT2D eigenvalue weighted by Crippen LogP contribution is -2.13. The van der Waals surface area contributed by atoms with Gasteiger partial charge in [-0.25, -0.2) is 0 Å². The lowest BCUT2D eigenvalue weighted by molar-refractivity contribution is -0.384. The fraction of sp³-hybridized carbons (Fsp3) is 0.500. The van der Waals surface area contributed by atoms with Gasteiger partial charge in [0.1, 0.15) is 5.69 Å². The van der Waals surface area contributed by atoms with Gasteiger partial charge in [-0.3, -0.25) is 10.1 Å². The minimum Gasteiger partial charge on any atom is -0.379 e. The van der Waals surface area contributed by atoms with E-state index in [1.807, 2.05) is 0 Å². The molecule has 0 radical (unpaired) electrons. The van der Waals surface area contributed by atoms with E-state index >= 15 is 0 Å². The van der Waals surface area contributed by atoms with Crippen molar-refractivity contribution in [3.8, 4) is 0 Å². The predicted molar refractivity (Wildman–Crippen MR) is 74.9 cm³/mol. The van der Waals surface area contributed by atoms with Crippen molar-refractivity contribution in [2.75, 3.05) is 25.0 Å². The van der Waals surface area contributed by atoms with E-state index in [2.05, 4.69) is 26.6 Å². The van der Waals surface area contributed by atoms with Gasteiger partial charge < -0.3 is 10.6 Å². The van der Waals surface area contributed by atoms with Gasteiger partial charge in [-0.2, -0.15) is 0 Å². The number of anilines is 1. The summed E-state index contributed by atoms with van der Waals surface area (Å²) in [5.41, 5.74) is 0.711. The second kappa shape index (κ2) is 6.15. The molecule has 1 fully saturated rings. The summed E-state index contributed by atoms with van der Waals surface area (Å²) in [5, 5.41) is 17.4. The van der Waals surface area contributed by atoms with Crippen LogP contribution >= 0.6 is 15.9 Å². The van der Waals surface area contributed by atoms with E-state index in [-0.39, 0.29) is 10.6 Å². The zero-order valence-electron chi connectivity index (χ0n) is 9.99. The Morgan fingerprint density at radius 3 is 3.06 bits per heavy atom. The molecule has 0 saturated carbocycles. The smallest absolute Gasteiger partial charge is 0.292 e. The zero-order valence-corrected chi connectivity index (χ0v) is 11.6. The maximum Gasteiger partial charge on any atom is 0.292 e. The Balaban J connectivity index is 1.94. The standard InChI is InChI=1S/C12H16BrN3O2/c13-10-1-2-12(16(17)18)11(7-10)15-6-4-9-3-5-14-8-9/h1-2,7,9,14-15H,3-6,8H2. The number of nitro groups is 1. The van der Waals surface area contributed by atoms with Crippen molar-refractivity contribution in [1.82, 2.24) is 5.32 Å². The maximum absolute atomic E-state index is 10.9. The number of nitrogens with zero attached hydrogens (tertiary/aromatic N) is 1. The van der Waals surface area contributed by atoms with Gasteiger partial charge in [-0.1, -0.05) is 15.9 Å². The predicted octanol–water partition coefficient (Wildman–Crippen LogP) is 2.77. The van der Waals surface area contributed by atoms with Gasteiger partial charge in [0, 0.05) is 17.1 Å². The average molecular weight is 314 g/mol. The highest BCUT2D eigenvalue weighted by atomic mass is 79.9. The van der Waals surface area contributed by atoms with E-state index in [9.17, 15) is 10.1 Å². The maximum atomic E-state index is 10.9. The number of halogens is 1. The van der Waals surface area contributed by atoms with E-state index in [0.717, 1.165) is 30.5 Å². The first-order valence-electron chi connectivity index (χ1n) is 6.05. The Hall–Kier alpha value is -1.14. The molecule has 18 heavy (non-hydrogen) atoms. The Bertz CT molecular complexity index is 433. The number of benzene rings is 1. The number of hydrogen-bond acceptors (Lipinski definition) is 4. The van der Waals surface area contributed by atoms with Crippen molar-refractivity contribution in [2.24, 2.45) is 5.92 Å². The highest BCUT2D eigenvalue weighted by Gasteiger charge is 2.16. The van der Waals surface area contributed by atoms with Crippen molar-refractivity contribution >= 4 is 27.3 Å². The fourth-order valence-corrected chi connectivity index (χ4v) is 2.54. The van der Waals surface area contributed by atoms with E-state index < -0.39 is 0 Å². The van der Waals surface area contributed by atoms with Gasteiger partial charge in [-0.15, -0.1) is 0 Å². The second-order valence-corrected chi connectivity index (χ2v) is 5.41. The van der Waals surface area contributed by atoms with Crippen LogP contribution in [0.4, 0.5) is 11.4 Å². The molecule has 1 atom stereocenters. The van der Waals surface area contributed by atoms with Gasteiger partial charge in [0.25, 0.3) is 5.69 Å². The molecule has 0 bridgehead atoms. The molecule has 1 heterocycles. The highest BCUT2D eigenvalue weighted by molar-refractivity contribution is 9.10. The summed E-state index contributed by atoms with van der Waals surface area (Å²) in [6.45, 7) is 2.91. The summed E-state index contributed by atoms with van der Waals surface area (Å²) >= 11 is 3.33. The molecular formula is C12H16BrN3O2. The summed E-state index contributed by atoms with van der Waals surface area (Å²) in [6, 6.07) is 4.96. The summed E-state index contributed by atoms with van der Waals surface area (Å²) in [7, 11) is 0. The van der Waals surface area contributed by atoms with Gasteiger partial charge in [0.2, 0.25) is 0 Å². The van der Waals surface area contributed by atoms with E-state index in [1.165, 1.54) is 12.5 Å². The molecule has 1 saturated heterocycles. The van der Waals surface area contributed by atoms with Crippen molar-refractivity contribution in [1.29, 1.82) is 0 Å². The van der Waals surface area contributed by atoms with Gasteiger partial charge in [0.05, 0.1) is 4.92 Å². The molecule has 1 aliphatic rings. The zero-order chi connectivity index (χ0) is 13.0.